The van der Waals surface area contributed by atoms with Crippen molar-refractivity contribution in [3.63, 3.8) is 0 Å². The van der Waals surface area contributed by atoms with Gasteiger partial charge in [-0.3, -0.25) is 4.79 Å². The molecule has 2 aliphatic heterocycles. The summed E-state index contributed by atoms with van der Waals surface area (Å²) in [5.74, 6) is 0.228. The molecule has 39 heavy (non-hydrogen) atoms. The molecule has 0 bridgehead atoms. The Labute approximate surface area is 237 Å². The molecule has 2 aliphatic rings. The van der Waals surface area contributed by atoms with Gasteiger partial charge in [0.05, 0.1) is 18.4 Å². The first kappa shape index (κ1) is 31.0. The van der Waals surface area contributed by atoms with Crippen molar-refractivity contribution >= 4 is 23.4 Å². The van der Waals surface area contributed by atoms with E-state index in [2.05, 4.69) is 32.7 Å². The number of halogens is 1. The second-order valence-corrected chi connectivity index (χ2v) is 12.2. The summed E-state index contributed by atoms with van der Waals surface area (Å²) in [6.45, 7) is 13.4. The summed E-state index contributed by atoms with van der Waals surface area (Å²) < 4.78 is 20.6. The van der Waals surface area contributed by atoms with Crippen LogP contribution in [0.4, 0.5) is 4.39 Å². The molecule has 0 aliphatic carbocycles. The van der Waals surface area contributed by atoms with Crippen LogP contribution in [-0.4, -0.2) is 72.2 Å². The molecule has 4 N–H and O–H groups in total. The van der Waals surface area contributed by atoms with Crippen LogP contribution >= 0.6 is 11.8 Å². The maximum atomic E-state index is 14.1. The number of ether oxygens (including phenoxy) is 1. The van der Waals surface area contributed by atoms with Gasteiger partial charge in [-0.1, -0.05) is 63.7 Å². The molecule has 2 fully saturated rings. The Kier molecular flexibility index (Phi) is 10.9. The Hall–Kier alpha value is -2.49. The number of aryl methyl sites for hydroxylation is 1. The Morgan fingerprint density at radius 3 is 2.59 bits per heavy atom. The van der Waals surface area contributed by atoms with E-state index in [-0.39, 0.29) is 41.6 Å². The Balaban J connectivity index is 1.92. The Morgan fingerprint density at radius 2 is 2.05 bits per heavy atom. The van der Waals surface area contributed by atoms with Gasteiger partial charge in [0.25, 0.3) is 5.91 Å². The summed E-state index contributed by atoms with van der Waals surface area (Å²) in [5, 5.41) is 13.7. The minimum absolute atomic E-state index is 0.00820. The molecule has 2 heterocycles. The number of aliphatic hydroxyl groups excluding tert-OH is 1. The predicted molar refractivity (Wildman–Crippen MR) is 158 cm³/mol. The second-order valence-electron chi connectivity index (χ2n) is 11.0. The number of allylic oxidation sites excluding steroid dienone is 1. The topological polar surface area (TPSA) is 91.1 Å². The van der Waals surface area contributed by atoms with Crippen molar-refractivity contribution < 1.29 is 19.0 Å². The van der Waals surface area contributed by atoms with Gasteiger partial charge in [-0.15, -0.1) is 0 Å². The normalized spacial score (nSPS) is 26.5. The van der Waals surface area contributed by atoms with Crippen LogP contribution in [0.5, 0.6) is 0 Å². The number of thioether (sulfide) groups is 1. The van der Waals surface area contributed by atoms with E-state index < -0.39 is 6.10 Å². The molecule has 9 heteroatoms. The number of rotatable bonds is 11. The van der Waals surface area contributed by atoms with Crippen molar-refractivity contribution in [2.75, 3.05) is 33.8 Å². The highest BCUT2D eigenvalue weighted by Gasteiger charge is 2.44. The molecule has 3 rings (SSSR count). The molecule has 216 valence electrons. The first-order valence-electron chi connectivity index (χ1n) is 13.8. The van der Waals surface area contributed by atoms with E-state index in [0.717, 1.165) is 30.8 Å². The van der Waals surface area contributed by atoms with Crippen LogP contribution in [0.15, 0.2) is 47.7 Å². The fourth-order valence-corrected chi connectivity index (χ4v) is 6.74. The van der Waals surface area contributed by atoms with E-state index in [0.29, 0.717) is 28.4 Å². The molecule has 1 aromatic carbocycles. The van der Waals surface area contributed by atoms with Gasteiger partial charge in [-0.05, 0) is 30.9 Å². The van der Waals surface area contributed by atoms with Crippen molar-refractivity contribution in [2.45, 2.75) is 58.1 Å². The van der Waals surface area contributed by atoms with Crippen LogP contribution in [0.3, 0.4) is 0 Å². The zero-order chi connectivity index (χ0) is 28.9. The van der Waals surface area contributed by atoms with E-state index in [1.165, 1.54) is 17.8 Å². The largest absolute Gasteiger partial charge is 0.397 e. The van der Waals surface area contributed by atoms with Crippen LogP contribution in [0.25, 0.3) is 5.70 Å². The number of nitrogens with two attached hydrogens (primary N) is 1. The molecule has 0 spiro atoms. The molecule has 0 aromatic heterocycles. The number of likely N-dealkylation sites (N-methyl/N-ethyl adjacent to an activating group) is 1. The molecule has 7 nitrogen and oxygen atoms in total. The third kappa shape index (κ3) is 7.18. The monoisotopic (exact) mass is 560 g/mol. The highest BCUT2D eigenvalue weighted by atomic mass is 32.2. The number of benzene rings is 1. The molecule has 0 radical (unpaired) electrons. The number of nitrogens with one attached hydrogen (secondary N) is 1. The van der Waals surface area contributed by atoms with Crippen LogP contribution in [-0.2, 0) is 9.53 Å². The standard InChI is InChI=1S/C30H45FN4O3S/c1-8-10-22-27(33-14-24(32)21-12-11-19(4)23(31)13-21)20(5)25(17-36)38-30(22)39-26(9-2)28(34(6)7)29(37)35-15-18(3)16-35/h9,11-14,18,20,22,25,27,30,33,36H,2,8,10,15-17,32H2,1,3-7H3/b24-14-,28-26+. The van der Waals surface area contributed by atoms with Crippen molar-refractivity contribution in [3.05, 3.63) is 64.6 Å². The highest BCUT2D eigenvalue weighted by molar-refractivity contribution is 8.03. The first-order valence-corrected chi connectivity index (χ1v) is 14.6. The number of aliphatic hydroxyl groups is 1. The van der Waals surface area contributed by atoms with Gasteiger partial charge in [0, 0.05) is 61.7 Å². The smallest absolute Gasteiger partial charge is 0.271 e. The maximum absolute atomic E-state index is 14.1. The van der Waals surface area contributed by atoms with E-state index in [1.807, 2.05) is 23.9 Å². The summed E-state index contributed by atoms with van der Waals surface area (Å²) in [5.41, 5.74) is 8.21. The minimum Gasteiger partial charge on any atom is -0.397 e. The van der Waals surface area contributed by atoms with Crippen molar-refractivity contribution in [3.8, 4) is 0 Å². The third-order valence-corrected chi connectivity index (χ3v) is 8.98. The molecular weight excluding hydrogens is 515 g/mol. The Bertz CT molecular complexity index is 1090. The van der Waals surface area contributed by atoms with Crippen molar-refractivity contribution in [2.24, 2.45) is 23.5 Å². The van der Waals surface area contributed by atoms with Gasteiger partial charge in [-0.25, -0.2) is 4.39 Å². The molecule has 2 saturated heterocycles. The molecule has 5 atom stereocenters. The van der Waals surface area contributed by atoms with Gasteiger partial charge < -0.3 is 30.7 Å². The average Bonchev–Trinajstić information content (AvgIpc) is 2.88. The predicted octanol–water partition coefficient (Wildman–Crippen LogP) is 4.29. The van der Waals surface area contributed by atoms with E-state index in [9.17, 15) is 14.3 Å². The summed E-state index contributed by atoms with van der Waals surface area (Å²) in [7, 11) is 3.74. The lowest BCUT2D eigenvalue weighted by atomic mass is 9.81. The summed E-state index contributed by atoms with van der Waals surface area (Å²) in [4.78, 5) is 17.8. The summed E-state index contributed by atoms with van der Waals surface area (Å²) >= 11 is 1.49. The second kappa shape index (κ2) is 13.7. The molecule has 0 saturated carbocycles. The zero-order valence-electron chi connectivity index (χ0n) is 24.1. The molecule has 1 amide bonds. The lowest BCUT2D eigenvalue weighted by Gasteiger charge is -2.46. The minimum atomic E-state index is -0.402. The maximum Gasteiger partial charge on any atom is 0.271 e. The van der Waals surface area contributed by atoms with Crippen LogP contribution in [0.1, 0.15) is 44.7 Å². The van der Waals surface area contributed by atoms with Crippen LogP contribution < -0.4 is 11.1 Å². The van der Waals surface area contributed by atoms with Crippen LogP contribution in [0.2, 0.25) is 0 Å². The zero-order valence-corrected chi connectivity index (χ0v) is 24.9. The lowest BCUT2D eigenvalue weighted by molar-refractivity contribution is -0.134. The van der Waals surface area contributed by atoms with Gasteiger partial charge in [0.2, 0.25) is 0 Å². The number of likely N-dealkylation sites (tertiary alicyclic amines) is 1. The fraction of sp³-hybridized carbons (Fsp3) is 0.567. The first-order chi connectivity index (χ1) is 18.5. The highest BCUT2D eigenvalue weighted by Crippen LogP contribution is 2.42. The van der Waals surface area contributed by atoms with E-state index in [4.69, 9.17) is 10.5 Å². The number of hydrogen-bond donors (Lipinski definition) is 3. The van der Waals surface area contributed by atoms with E-state index >= 15 is 0 Å². The number of amides is 1. The summed E-state index contributed by atoms with van der Waals surface area (Å²) in [6.07, 6.45) is 4.86. The number of carbonyl (C=O) groups excluding carboxylic acids is 1. The quantitative estimate of drug-likeness (QED) is 0.275. The van der Waals surface area contributed by atoms with Gasteiger partial charge in [-0.2, -0.15) is 0 Å². The average molecular weight is 561 g/mol. The lowest BCUT2D eigenvalue weighted by Crippen LogP contribution is -2.55. The SMILES string of the molecule is C=C/C(SC1OC(CO)C(C)C(N/C=C(\N)c2ccc(C)c(F)c2)C1CCC)=C(/C(=O)N1CC(C)C1)N(C)C. The number of nitrogens with zero attached hydrogens (tertiary/aromatic N) is 2. The summed E-state index contributed by atoms with van der Waals surface area (Å²) in [6, 6.07) is 4.89. The number of carbonyl (C=O) groups is 1. The molecule has 5 unspecified atom stereocenters. The Morgan fingerprint density at radius 1 is 1.36 bits per heavy atom. The van der Waals surface area contributed by atoms with E-state index in [1.54, 1.807) is 31.3 Å². The van der Waals surface area contributed by atoms with Crippen molar-refractivity contribution in [1.82, 2.24) is 15.1 Å². The molecular formula is C30H45FN4O3S. The van der Waals surface area contributed by atoms with Gasteiger partial charge in [0.15, 0.2) is 0 Å². The number of hydrogen-bond acceptors (Lipinski definition) is 7. The van der Waals surface area contributed by atoms with Crippen molar-refractivity contribution in [1.29, 1.82) is 0 Å². The van der Waals surface area contributed by atoms with Gasteiger partial charge >= 0.3 is 0 Å². The van der Waals surface area contributed by atoms with Gasteiger partial charge in [0.1, 0.15) is 17.0 Å². The molecule has 1 aromatic rings. The third-order valence-electron chi connectivity index (χ3n) is 7.67. The fourth-order valence-electron chi connectivity index (χ4n) is 5.34. The van der Waals surface area contributed by atoms with Crippen LogP contribution in [0, 0.1) is 30.5 Å².